The van der Waals surface area contributed by atoms with Crippen molar-refractivity contribution in [3.63, 3.8) is 0 Å². The second-order valence-electron chi connectivity index (χ2n) is 7.75. The third-order valence-electron chi connectivity index (χ3n) is 5.92. The molecule has 1 saturated heterocycles. The summed E-state index contributed by atoms with van der Waals surface area (Å²) in [6.07, 6.45) is 11.0. The highest BCUT2D eigenvalue weighted by Crippen LogP contribution is 2.25. The van der Waals surface area contributed by atoms with Crippen molar-refractivity contribution in [2.24, 2.45) is 11.8 Å². The standard InChI is InChI=1S/C20H37N3OS/c1-3-5-9-17(4-2)16-21-20(25)23-14-12-22(13-15-23)19(24)18-10-7-6-8-11-18/h17-18H,3-16H2,1-2H3,(H,21,25). The Labute approximate surface area is 159 Å². The number of thiocarbonyl (C=S) groups is 1. The Bertz CT molecular complexity index is 415. The molecule has 0 bridgehead atoms. The van der Waals surface area contributed by atoms with E-state index in [4.69, 9.17) is 12.2 Å². The minimum absolute atomic E-state index is 0.286. The van der Waals surface area contributed by atoms with Crippen molar-refractivity contribution in [2.45, 2.75) is 71.6 Å². The molecule has 1 aliphatic heterocycles. The zero-order valence-electron chi connectivity index (χ0n) is 16.3. The third kappa shape index (κ3) is 6.43. The molecule has 1 heterocycles. The fraction of sp³-hybridized carbons (Fsp3) is 0.900. The van der Waals surface area contributed by atoms with Gasteiger partial charge in [-0.2, -0.15) is 0 Å². The molecule has 1 unspecified atom stereocenters. The van der Waals surface area contributed by atoms with E-state index in [1.54, 1.807) is 0 Å². The largest absolute Gasteiger partial charge is 0.362 e. The summed E-state index contributed by atoms with van der Waals surface area (Å²) < 4.78 is 0. The van der Waals surface area contributed by atoms with Crippen LogP contribution < -0.4 is 5.32 Å². The van der Waals surface area contributed by atoms with Crippen LogP contribution >= 0.6 is 12.2 Å². The van der Waals surface area contributed by atoms with Crippen LogP contribution in [0.1, 0.15) is 71.6 Å². The lowest BCUT2D eigenvalue weighted by Gasteiger charge is -2.38. The first-order valence-electron chi connectivity index (χ1n) is 10.5. The van der Waals surface area contributed by atoms with Crippen LogP contribution in [0.25, 0.3) is 0 Å². The minimum Gasteiger partial charge on any atom is -0.362 e. The molecule has 144 valence electrons. The number of nitrogens with zero attached hydrogens (tertiary/aromatic N) is 2. The van der Waals surface area contributed by atoms with Crippen molar-refractivity contribution in [1.82, 2.24) is 15.1 Å². The van der Waals surface area contributed by atoms with Crippen LogP contribution in [0.3, 0.4) is 0 Å². The molecule has 4 nitrogen and oxygen atoms in total. The molecule has 1 N–H and O–H groups in total. The van der Waals surface area contributed by atoms with Gasteiger partial charge in [0.25, 0.3) is 0 Å². The summed E-state index contributed by atoms with van der Waals surface area (Å²) in [4.78, 5) is 17.0. The zero-order valence-corrected chi connectivity index (χ0v) is 17.1. The summed E-state index contributed by atoms with van der Waals surface area (Å²) in [5, 5.41) is 4.35. The molecule has 0 aromatic carbocycles. The molecule has 1 amide bonds. The van der Waals surface area contributed by atoms with Crippen LogP contribution in [-0.4, -0.2) is 53.5 Å². The number of rotatable bonds is 7. The van der Waals surface area contributed by atoms with E-state index in [-0.39, 0.29) is 5.92 Å². The normalized spacial score (nSPS) is 20.4. The third-order valence-corrected chi connectivity index (χ3v) is 6.32. The average Bonchev–Trinajstić information content (AvgIpc) is 2.68. The van der Waals surface area contributed by atoms with Crippen LogP contribution in [0.15, 0.2) is 0 Å². The Hall–Kier alpha value is -0.840. The number of nitrogens with one attached hydrogen (secondary N) is 1. The highest BCUT2D eigenvalue weighted by molar-refractivity contribution is 7.80. The Balaban J connectivity index is 1.69. The van der Waals surface area contributed by atoms with Crippen LogP contribution in [0.4, 0.5) is 0 Å². The van der Waals surface area contributed by atoms with Crippen molar-refractivity contribution in [2.75, 3.05) is 32.7 Å². The first kappa shape index (κ1) is 20.5. The van der Waals surface area contributed by atoms with Gasteiger partial charge in [-0.25, -0.2) is 0 Å². The average molecular weight is 368 g/mol. The predicted molar refractivity (Wildman–Crippen MR) is 109 cm³/mol. The smallest absolute Gasteiger partial charge is 0.225 e. The fourth-order valence-electron chi connectivity index (χ4n) is 4.02. The Morgan fingerprint density at radius 3 is 2.32 bits per heavy atom. The molecule has 0 spiro atoms. The Kier molecular flexibility index (Phi) is 9.00. The molecular formula is C20H37N3OS. The molecule has 2 aliphatic rings. The molecule has 2 fully saturated rings. The van der Waals surface area contributed by atoms with Crippen LogP contribution in [0.5, 0.6) is 0 Å². The maximum Gasteiger partial charge on any atom is 0.225 e. The van der Waals surface area contributed by atoms with Crippen LogP contribution in [0.2, 0.25) is 0 Å². The summed E-state index contributed by atoms with van der Waals surface area (Å²) in [5.74, 6) is 1.39. The Morgan fingerprint density at radius 2 is 1.72 bits per heavy atom. The zero-order chi connectivity index (χ0) is 18.1. The van der Waals surface area contributed by atoms with Gasteiger partial charge in [-0.1, -0.05) is 52.4 Å². The quantitative estimate of drug-likeness (QED) is 0.694. The van der Waals surface area contributed by atoms with E-state index in [0.717, 1.165) is 50.7 Å². The van der Waals surface area contributed by atoms with Gasteiger partial charge >= 0.3 is 0 Å². The van der Waals surface area contributed by atoms with Crippen molar-refractivity contribution in [3.05, 3.63) is 0 Å². The SMILES string of the molecule is CCCCC(CC)CNC(=S)N1CCN(C(=O)C2CCCCC2)CC1. The van der Waals surface area contributed by atoms with Gasteiger partial charge in [0.15, 0.2) is 5.11 Å². The summed E-state index contributed by atoms with van der Waals surface area (Å²) in [7, 11) is 0. The Morgan fingerprint density at radius 1 is 1.08 bits per heavy atom. The molecule has 1 saturated carbocycles. The maximum atomic E-state index is 12.6. The van der Waals surface area contributed by atoms with Gasteiger partial charge in [-0.15, -0.1) is 0 Å². The van der Waals surface area contributed by atoms with Crippen LogP contribution in [0, 0.1) is 11.8 Å². The number of piperazine rings is 1. The second-order valence-corrected chi connectivity index (χ2v) is 8.14. The molecular weight excluding hydrogens is 330 g/mol. The monoisotopic (exact) mass is 367 g/mol. The number of hydrogen-bond acceptors (Lipinski definition) is 2. The van der Waals surface area contributed by atoms with E-state index in [2.05, 4.69) is 29.0 Å². The molecule has 0 radical (unpaired) electrons. The van der Waals surface area contributed by atoms with E-state index >= 15 is 0 Å². The molecule has 1 atom stereocenters. The first-order valence-corrected chi connectivity index (χ1v) is 10.9. The van der Waals surface area contributed by atoms with Crippen LogP contribution in [-0.2, 0) is 4.79 Å². The van der Waals surface area contributed by atoms with Crippen molar-refractivity contribution < 1.29 is 4.79 Å². The second kappa shape index (κ2) is 11.0. The highest BCUT2D eigenvalue weighted by Gasteiger charge is 2.28. The fourth-order valence-corrected chi connectivity index (χ4v) is 4.29. The summed E-state index contributed by atoms with van der Waals surface area (Å²) in [6, 6.07) is 0. The van der Waals surface area contributed by atoms with Gasteiger partial charge in [0.05, 0.1) is 0 Å². The maximum absolute atomic E-state index is 12.6. The number of unbranched alkanes of at least 4 members (excludes halogenated alkanes) is 1. The molecule has 1 aliphatic carbocycles. The van der Waals surface area contributed by atoms with E-state index in [9.17, 15) is 4.79 Å². The minimum atomic E-state index is 0.286. The molecule has 0 aromatic heterocycles. The lowest BCUT2D eigenvalue weighted by Crippen LogP contribution is -2.54. The van der Waals surface area contributed by atoms with Gasteiger partial charge in [-0.3, -0.25) is 4.79 Å². The van der Waals surface area contributed by atoms with Gasteiger partial charge in [-0.05, 0) is 37.4 Å². The van der Waals surface area contributed by atoms with Crippen molar-refractivity contribution in [3.8, 4) is 0 Å². The van der Waals surface area contributed by atoms with Crippen molar-refractivity contribution >= 4 is 23.2 Å². The van der Waals surface area contributed by atoms with E-state index < -0.39 is 0 Å². The van der Waals surface area contributed by atoms with Gasteiger partial charge in [0, 0.05) is 38.6 Å². The van der Waals surface area contributed by atoms with E-state index in [1.807, 2.05) is 0 Å². The lowest BCUT2D eigenvalue weighted by molar-refractivity contribution is -0.137. The number of carbonyl (C=O) groups excluding carboxylic acids is 1. The van der Waals surface area contributed by atoms with Gasteiger partial charge < -0.3 is 15.1 Å². The number of amides is 1. The molecule has 2 rings (SSSR count). The molecule has 0 aromatic rings. The summed E-state index contributed by atoms with van der Waals surface area (Å²) in [6.45, 7) is 8.89. The molecule has 5 heteroatoms. The van der Waals surface area contributed by atoms with E-state index in [1.165, 1.54) is 44.9 Å². The highest BCUT2D eigenvalue weighted by atomic mass is 32.1. The number of hydrogen-bond donors (Lipinski definition) is 1. The lowest BCUT2D eigenvalue weighted by atomic mass is 9.88. The van der Waals surface area contributed by atoms with Gasteiger partial charge in [0.2, 0.25) is 5.91 Å². The predicted octanol–water partition coefficient (Wildman–Crippen LogP) is 3.80. The first-order chi connectivity index (χ1) is 12.2. The topological polar surface area (TPSA) is 35.6 Å². The van der Waals surface area contributed by atoms with Crippen molar-refractivity contribution in [1.29, 1.82) is 0 Å². The number of carbonyl (C=O) groups is 1. The van der Waals surface area contributed by atoms with Gasteiger partial charge in [0.1, 0.15) is 0 Å². The summed E-state index contributed by atoms with van der Waals surface area (Å²) in [5.41, 5.74) is 0. The molecule has 25 heavy (non-hydrogen) atoms. The summed E-state index contributed by atoms with van der Waals surface area (Å²) >= 11 is 5.59. The van der Waals surface area contributed by atoms with E-state index in [0.29, 0.717) is 11.8 Å².